The normalized spacial score (nSPS) is 19.5. The van der Waals surface area contributed by atoms with E-state index in [-0.39, 0.29) is 5.60 Å². The molecule has 0 aliphatic heterocycles. The molecular formula is C14H29NO. The average Bonchev–Trinajstić information content (AvgIpc) is 2.67. The van der Waals surface area contributed by atoms with Crippen LogP contribution in [0.2, 0.25) is 0 Å². The Hall–Kier alpha value is -0.0800. The van der Waals surface area contributed by atoms with Crippen molar-refractivity contribution in [2.75, 3.05) is 19.7 Å². The number of hydrogen-bond donors (Lipinski definition) is 1. The average molecular weight is 227 g/mol. The molecule has 1 N–H and O–H groups in total. The van der Waals surface area contributed by atoms with Crippen LogP contribution in [-0.2, 0) is 4.74 Å². The van der Waals surface area contributed by atoms with Crippen molar-refractivity contribution in [3.8, 4) is 0 Å². The van der Waals surface area contributed by atoms with Gasteiger partial charge in [0.05, 0.1) is 5.60 Å². The lowest BCUT2D eigenvalue weighted by molar-refractivity contribution is -0.0430. The van der Waals surface area contributed by atoms with Crippen LogP contribution < -0.4 is 5.32 Å². The maximum atomic E-state index is 6.19. The van der Waals surface area contributed by atoms with E-state index in [1.165, 1.54) is 38.5 Å². The van der Waals surface area contributed by atoms with Gasteiger partial charge < -0.3 is 10.1 Å². The topological polar surface area (TPSA) is 21.3 Å². The highest BCUT2D eigenvalue weighted by Gasteiger charge is 2.34. The van der Waals surface area contributed by atoms with Gasteiger partial charge in [0.1, 0.15) is 0 Å². The minimum atomic E-state index is 0.171. The Balaban J connectivity index is 2.27. The number of ether oxygens (including phenoxy) is 1. The van der Waals surface area contributed by atoms with E-state index >= 15 is 0 Å². The van der Waals surface area contributed by atoms with Crippen LogP contribution in [0.5, 0.6) is 0 Å². The van der Waals surface area contributed by atoms with Gasteiger partial charge in [-0.3, -0.25) is 0 Å². The van der Waals surface area contributed by atoms with E-state index in [1.54, 1.807) is 0 Å². The number of rotatable bonds is 8. The third-order valence-electron chi connectivity index (χ3n) is 3.49. The minimum absolute atomic E-state index is 0.171. The highest BCUT2D eigenvalue weighted by Crippen LogP contribution is 2.33. The molecule has 0 saturated heterocycles. The zero-order chi connectivity index (χ0) is 11.9. The Labute approximate surface area is 101 Å². The zero-order valence-electron chi connectivity index (χ0n) is 11.3. The molecule has 0 heterocycles. The van der Waals surface area contributed by atoms with Gasteiger partial charge in [0, 0.05) is 13.2 Å². The molecule has 1 aliphatic rings. The summed E-state index contributed by atoms with van der Waals surface area (Å²) in [6, 6.07) is 0. The molecule has 0 spiro atoms. The van der Waals surface area contributed by atoms with Crippen LogP contribution in [0.3, 0.4) is 0 Å². The van der Waals surface area contributed by atoms with Gasteiger partial charge in [0.25, 0.3) is 0 Å². The van der Waals surface area contributed by atoms with Crippen LogP contribution in [0, 0.1) is 5.92 Å². The zero-order valence-corrected chi connectivity index (χ0v) is 11.3. The van der Waals surface area contributed by atoms with Crippen molar-refractivity contribution in [2.24, 2.45) is 5.92 Å². The van der Waals surface area contributed by atoms with Gasteiger partial charge in [-0.05, 0) is 38.1 Å². The maximum absolute atomic E-state index is 6.19. The van der Waals surface area contributed by atoms with Gasteiger partial charge in [0.15, 0.2) is 0 Å². The molecule has 0 aromatic heterocycles. The van der Waals surface area contributed by atoms with Gasteiger partial charge in [0.2, 0.25) is 0 Å². The quantitative estimate of drug-likeness (QED) is 0.642. The highest BCUT2D eigenvalue weighted by atomic mass is 16.5. The summed E-state index contributed by atoms with van der Waals surface area (Å²) in [4.78, 5) is 0. The second-order valence-corrected chi connectivity index (χ2v) is 5.60. The monoisotopic (exact) mass is 227 g/mol. The molecule has 0 atom stereocenters. The van der Waals surface area contributed by atoms with Crippen LogP contribution in [0.1, 0.15) is 59.3 Å². The summed E-state index contributed by atoms with van der Waals surface area (Å²) < 4.78 is 6.19. The Kier molecular flexibility index (Phi) is 6.37. The summed E-state index contributed by atoms with van der Waals surface area (Å²) >= 11 is 0. The number of nitrogens with one attached hydrogen (secondary N) is 1. The molecule has 1 fully saturated rings. The molecule has 0 radical (unpaired) electrons. The lowest BCUT2D eigenvalue weighted by atomic mass is 10.0. The van der Waals surface area contributed by atoms with Crippen LogP contribution in [0.4, 0.5) is 0 Å². The molecule has 1 rings (SSSR count). The van der Waals surface area contributed by atoms with Crippen molar-refractivity contribution in [1.29, 1.82) is 0 Å². The van der Waals surface area contributed by atoms with E-state index in [9.17, 15) is 0 Å². The van der Waals surface area contributed by atoms with E-state index in [0.29, 0.717) is 0 Å². The highest BCUT2D eigenvalue weighted by molar-refractivity contribution is 4.88. The Morgan fingerprint density at radius 1 is 1.25 bits per heavy atom. The maximum Gasteiger partial charge on any atom is 0.0806 e. The third kappa shape index (κ3) is 4.84. The van der Waals surface area contributed by atoms with Crippen molar-refractivity contribution < 1.29 is 4.74 Å². The van der Waals surface area contributed by atoms with Gasteiger partial charge >= 0.3 is 0 Å². The van der Waals surface area contributed by atoms with E-state index in [4.69, 9.17) is 4.74 Å². The fourth-order valence-electron chi connectivity index (χ4n) is 2.40. The lowest BCUT2D eigenvalue weighted by Crippen LogP contribution is -2.41. The smallest absolute Gasteiger partial charge is 0.0806 e. The standard InChI is InChI=1S/C14H29NO/c1-4-10-15-12-14(8-5-6-9-14)16-11-7-13(2)3/h13,15H,4-12H2,1-3H3. The first-order chi connectivity index (χ1) is 7.68. The fourth-order valence-corrected chi connectivity index (χ4v) is 2.40. The molecule has 2 nitrogen and oxygen atoms in total. The second-order valence-electron chi connectivity index (χ2n) is 5.60. The molecule has 0 aromatic rings. The van der Waals surface area contributed by atoms with Gasteiger partial charge in [-0.1, -0.05) is 33.6 Å². The predicted octanol–water partition coefficient (Wildman–Crippen LogP) is 3.36. The largest absolute Gasteiger partial charge is 0.374 e. The molecule has 0 amide bonds. The minimum Gasteiger partial charge on any atom is -0.374 e. The Morgan fingerprint density at radius 2 is 1.94 bits per heavy atom. The van der Waals surface area contributed by atoms with Crippen LogP contribution in [0.25, 0.3) is 0 Å². The summed E-state index contributed by atoms with van der Waals surface area (Å²) in [6.45, 7) is 9.85. The first kappa shape index (κ1) is 14.0. The summed E-state index contributed by atoms with van der Waals surface area (Å²) in [5.74, 6) is 0.752. The van der Waals surface area contributed by atoms with E-state index in [1.807, 2.05) is 0 Å². The van der Waals surface area contributed by atoms with Gasteiger partial charge in [-0.25, -0.2) is 0 Å². The van der Waals surface area contributed by atoms with Crippen molar-refractivity contribution >= 4 is 0 Å². The van der Waals surface area contributed by atoms with E-state index in [0.717, 1.165) is 25.6 Å². The van der Waals surface area contributed by atoms with Crippen molar-refractivity contribution in [1.82, 2.24) is 5.32 Å². The van der Waals surface area contributed by atoms with Crippen LogP contribution in [0.15, 0.2) is 0 Å². The molecule has 1 saturated carbocycles. The molecule has 96 valence electrons. The molecule has 1 aliphatic carbocycles. The Morgan fingerprint density at radius 3 is 2.50 bits per heavy atom. The molecule has 0 unspecified atom stereocenters. The number of hydrogen-bond acceptors (Lipinski definition) is 2. The molecular weight excluding hydrogens is 198 g/mol. The lowest BCUT2D eigenvalue weighted by Gasteiger charge is -2.30. The van der Waals surface area contributed by atoms with Gasteiger partial charge in [-0.2, -0.15) is 0 Å². The molecule has 2 heteroatoms. The second kappa shape index (κ2) is 7.29. The predicted molar refractivity (Wildman–Crippen MR) is 69.8 cm³/mol. The third-order valence-corrected chi connectivity index (χ3v) is 3.49. The molecule has 16 heavy (non-hydrogen) atoms. The summed E-state index contributed by atoms with van der Waals surface area (Å²) in [6.07, 6.45) is 7.59. The first-order valence-corrected chi connectivity index (χ1v) is 7.03. The van der Waals surface area contributed by atoms with Gasteiger partial charge in [-0.15, -0.1) is 0 Å². The molecule has 0 bridgehead atoms. The first-order valence-electron chi connectivity index (χ1n) is 7.03. The van der Waals surface area contributed by atoms with Crippen LogP contribution in [-0.4, -0.2) is 25.3 Å². The van der Waals surface area contributed by atoms with Crippen molar-refractivity contribution in [3.63, 3.8) is 0 Å². The summed E-state index contributed by atoms with van der Waals surface area (Å²) in [7, 11) is 0. The Bertz CT molecular complexity index is 174. The summed E-state index contributed by atoms with van der Waals surface area (Å²) in [5, 5.41) is 3.53. The van der Waals surface area contributed by atoms with Crippen molar-refractivity contribution in [2.45, 2.75) is 64.9 Å². The fraction of sp³-hybridized carbons (Fsp3) is 1.00. The SMILES string of the molecule is CCCNCC1(OCCC(C)C)CCCC1. The summed E-state index contributed by atoms with van der Waals surface area (Å²) in [5.41, 5.74) is 0.171. The van der Waals surface area contributed by atoms with Crippen molar-refractivity contribution in [3.05, 3.63) is 0 Å². The molecule has 0 aromatic carbocycles. The van der Waals surface area contributed by atoms with E-state index in [2.05, 4.69) is 26.1 Å². The van der Waals surface area contributed by atoms with Crippen LogP contribution >= 0.6 is 0 Å². The van der Waals surface area contributed by atoms with E-state index < -0.39 is 0 Å².